The summed E-state index contributed by atoms with van der Waals surface area (Å²) in [6, 6.07) is 7.67. The van der Waals surface area contributed by atoms with Gasteiger partial charge < -0.3 is 15.4 Å². The number of rotatable bonds is 3. The highest BCUT2D eigenvalue weighted by atomic mass is 16.5. The highest BCUT2D eigenvalue weighted by Gasteiger charge is 2.19. The predicted molar refractivity (Wildman–Crippen MR) is 93.3 cm³/mol. The monoisotopic (exact) mass is 326 g/mol. The zero-order valence-electron chi connectivity index (χ0n) is 14.4. The lowest BCUT2D eigenvalue weighted by Gasteiger charge is -2.22. The van der Waals surface area contributed by atoms with Crippen molar-refractivity contribution in [3.63, 3.8) is 0 Å². The maximum atomic E-state index is 11.5. The number of carbonyl (C=O) groups excluding carboxylic acids is 1. The fraction of sp³-hybridized carbons (Fsp3) is 0.389. The van der Waals surface area contributed by atoms with Gasteiger partial charge in [0.05, 0.1) is 11.7 Å². The molecule has 1 aliphatic rings. The second-order valence-electron chi connectivity index (χ2n) is 6.97. The Morgan fingerprint density at radius 3 is 2.83 bits per heavy atom. The molecule has 2 heterocycles. The van der Waals surface area contributed by atoms with E-state index in [1.807, 2.05) is 31.2 Å². The number of nitrogens with zero attached hydrogens (tertiary/aromatic N) is 2. The van der Waals surface area contributed by atoms with E-state index in [1.165, 1.54) is 0 Å². The van der Waals surface area contributed by atoms with E-state index in [0.29, 0.717) is 11.4 Å². The van der Waals surface area contributed by atoms with Gasteiger partial charge in [-0.2, -0.15) is 0 Å². The topological polar surface area (TPSA) is 76.1 Å². The van der Waals surface area contributed by atoms with Gasteiger partial charge in [0.25, 0.3) is 5.91 Å². The average Bonchev–Trinajstić information content (AvgIpc) is 2.53. The third-order valence-electron chi connectivity index (χ3n) is 3.83. The molecule has 126 valence electrons. The number of amides is 1. The van der Waals surface area contributed by atoms with Crippen LogP contribution in [-0.4, -0.2) is 22.5 Å². The van der Waals surface area contributed by atoms with E-state index in [2.05, 4.69) is 41.4 Å². The highest BCUT2D eigenvalue weighted by molar-refractivity contribution is 5.95. The van der Waals surface area contributed by atoms with E-state index >= 15 is 0 Å². The minimum atomic E-state index is -0.133. The summed E-state index contributed by atoms with van der Waals surface area (Å²) in [5, 5.41) is 6.21. The Labute approximate surface area is 141 Å². The number of carbonyl (C=O) groups is 1. The van der Waals surface area contributed by atoms with Gasteiger partial charge in [0.2, 0.25) is 0 Å². The number of anilines is 2. The molecule has 1 unspecified atom stereocenters. The smallest absolute Gasteiger partial charge is 0.262 e. The molecule has 1 amide bonds. The van der Waals surface area contributed by atoms with Crippen LogP contribution in [0.15, 0.2) is 30.5 Å². The molecule has 1 atom stereocenters. The first kappa shape index (κ1) is 16.2. The summed E-state index contributed by atoms with van der Waals surface area (Å²) in [7, 11) is 0. The number of benzene rings is 1. The van der Waals surface area contributed by atoms with Crippen molar-refractivity contribution in [2.45, 2.75) is 39.2 Å². The number of ether oxygens (including phenoxy) is 1. The van der Waals surface area contributed by atoms with Crippen molar-refractivity contribution in [2.24, 2.45) is 0 Å². The van der Waals surface area contributed by atoms with Gasteiger partial charge in [-0.15, -0.1) is 0 Å². The van der Waals surface area contributed by atoms with Gasteiger partial charge >= 0.3 is 0 Å². The Morgan fingerprint density at radius 1 is 1.29 bits per heavy atom. The van der Waals surface area contributed by atoms with E-state index in [-0.39, 0.29) is 24.0 Å². The quantitative estimate of drug-likeness (QED) is 0.905. The second kappa shape index (κ2) is 6.11. The number of fused-ring (bicyclic) bond motifs is 1. The fourth-order valence-corrected chi connectivity index (χ4v) is 2.48. The van der Waals surface area contributed by atoms with E-state index in [9.17, 15) is 4.79 Å². The summed E-state index contributed by atoms with van der Waals surface area (Å²) in [6.45, 7) is 8.37. The maximum Gasteiger partial charge on any atom is 0.262 e. The Balaban J connectivity index is 1.79. The fourth-order valence-electron chi connectivity index (χ4n) is 2.48. The largest absolute Gasteiger partial charge is 0.482 e. The molecular weight excluding hydrogens is 304 g/mol. The molecule has 6 nitrogen and oxygen atoms in total. The molecule has 0 saturated carbocycles. The molecule has 1 aromatic carbocycles. The van der Waals surface area contributed by atoms with Crippen molar-refractivity contribution in [2.75, 3.05) is 17.2 Å². The molecule has 6 heteroatoms. The first-order chi connectivity index (χ1) is 11.3. The van der Waals surface area contributed by atoms with E-state index < -0.39 is 0 Å². The van der Waals surface area contributed by atoms with E-state index in [4.69, 9.17) is 4.74 Å². The lowest BCUT2D eigenvalue weighted by Crippen LogP contribution is -2.25. The molecule has 0 spiro atoms. The summed E-state index contributed by atoms with van der Waals surface area (Å²) >= 11 is 0. The van der Waals surface area contributed by atoms with Crippen LogP contribution in [-0.2, 0) is 10.2 Å². The van der Waals surface area contributed by atoms with Gasteiger partial charge in [0, 0.05) is 11.6 Å². The van der Waals surface area contributed by atoms with Crippen LogP contribution in [0.25, 0.3) is 0 Å². The first-order valence-corrected chi connectivity index (χ1v) is 7.99. The van der Waals surface area contributed by atoms with Crippen molar-refractivity contribution < 1.29 is 9.53 Å². The average molecular weight is 326 g/mol. The van der Waals surface area contributed by atoms with Crippen LogP contribution in [0.2, 0.25) is 0 Å². The van der Waals surface area contributed by atoms with Gasteiger partial charge in [0.15, 0.2) is 6.61 Å². The Bertz CT molecular complexity index is 768. The highest BCUT2D eigenvalue weighted by Crippen LogP contribution is 2.31. The van der Waals surface area contributed by atoms with Crippen LogP contribution in [0.4, 0.5) is 11.5 Å². The minimum Gasteiger partial charge on any atom is -0.482 e. The molecule has 0 radical (unpaired) electrons. The number of hydrogen-bond donors (Lipinski definition) is 2. The Kier molecular flexibility index (Phi) is 4.13. The van der Waals surface area contributed by atoms with Crippen LogP contribution < -0.4 is 15.4 Å². The van der Waals surface area contributed by atoms with Crippen LogP contribution in [0.3, 0.4) is 0 Å². The van der Waals surface area contributed by atoms with Crippen LogP contribution in [0.1, 0.15) is 45.1 Å². The van der Waals surface area contributed by atoms with E-state index in [0.717, 1.165) is 17.2 Å². The van der Waals surface area contributed by atoms with Crippen molar-refractivity contribution >= 4 is 17.4 Å². The molecule has 0 aliphatic carbocycles. The predicted octanol–water partition coefficient (Wildman–Crippen LogP) is 3.28. The molecule has 24 heavy (non-hydrogen) atoms. The molecule has 1 aliphatic heterocycles. The van der Waals surface area contributed by atoms with E-state index in [1.54, 1.807) is 6.20 Å². The van der Waals surface area contributed by atoms with Crippen LogP contribution >= 0.6 is 0 Å². The Hall–Kier alpha value is -2.63. The zero-order valence-corrected chi connectivity index (χ0v) is 14.4. The standard InChI is InChI=1S/C18H22N4O2/c1-11(20-15-7-8-19-17(22-15)18(2,3)4)12-5-6-14-13(9-12)21-16(23)10-24-14/h5-9,11H,10H2,1-4H3,(H,21,23)(H,19,20,22). The molecule has 3 rings (SSSR count). The van der Waals surface area contributed by atoms with Gasteiger partial charge in [-0.05, 0) is 30.7 Å². The number of hydrogen-bond acceptors (Lipinski definition) is 5. The van der Waals surface area contributed by atoms with Gasteiger partial charge in [-0.1, -0.05) is 26.8 Å². The van der Waals surface area contributed by atoms with Crippen LogP contribution in [0.5, 0.6) is 5.75 Å². The summed E-state index contributed by atoms with van der Waals surface area (Å²) in [5.74, 6) is 2.14. The summed E-state index contributed by atoms with van der Waals surface area (Å²) < 4.78 is 5.39. The Morgan fingerprint density at radius 2 is 2.08 bits per heavy atom. The maximum absolute atomic E-state index is 11.5. The third-order valence-corrected chi connectivity index (χ3v) is 3.83. The summed E-state index contributed by atoms with van der Waals surface area (Å²) in [5.41, 5.74) is 1.64. The normalized spacial score (nSPS) is 15.1. The van der Waals surface area contributed by atoms with Crippen molar-refractivity contribution in [3.05, 3.63) is 41.9 Å². The van der Waals surface area contributed by atoms with Crippen molar-refractivity contribution in [1.29, 1.82) is 0 Å². The SMILES string of the molecule is CC(Nc1ccnc(C(C)(C)C)n1)c1ccc2c(c1)NC(=O)CO2. The molecule has 1 aromatic heterocycles. The van der Waals surface area contributed by atoms with Gasteiger partial charge in [-0.3, -0.25) is 4.79 Å². The van der Waals surface area contributed by atoms with Crippen LogP contribution in [0, 0.1) is 0 Å². The lowest BCUT2D eigenvalue weighted by molar-refractivity contribution is -0.118. The van der Waals surface area contributed by atoms with Gasteiger partial charge in [-0.25, -0.2) is 9.97 Å². The lowest BCUT2D eigenvalue weighted by atomic mass is 9.96. The summed E-state index contributed by atoms with van der Waals surface area (Å²) in [4.78, 5) is 20.4. The first-order valence-electron chi connectivity index (χ1n) is 7.99. The summed E-state index contributed by atoms with van der Waals surface area (Å²) in [6.07, 6.45) is 1.77. The van der Waals surface area contributed by atoms with Crippen molar-refractivity contribution in [3.8, 4) is 5.75 Å². The molecular formula is C18H22N4O2. The third kappa shape index (κ3) is 3.48. The van der Waals surface area contributed by atoms with Gasteiger partial charge in [0.1, 0.15) is 17.4 Å². The number of nitrogens with one attached hydrogen (secondary N) is 2. The minimum absolute atomic E-state index is 0.0249. The zero-order chi connectivity index (χ0) is 17.3. The second-order valence-corrected chi connectivity index (χ2v) is 6.97. The molecule has 0 fully saturated rings. The molecule has 2 N–H and O–H groups in total. The number of aromatic nitrogens is 2. The van der Waals surface area contributed by atoms with Crippen molar-refractivity contribution in [1.82, 2.24) is 9.97 Å². The molecule has 0 bridgehead atoms. The molecule has 0 saturated heterocycles. The molecule has 2 aromatic rings.